The molecule has 210 valence electrons. The molecule has 0 fully saturated rings. The van der Waals surface area contributed by atoms with Crippen molar-refractivity contribution in [2.24, 2.45) is 0 Å². The number of benzene rings is 3. The van der Waals surface area contributed by atoms with Crippen LogP contribution in [0.1, 0.15) is 30.1 Å². The smallest absolute Gasteiger partial charge is 0.338 e. The quantitative estimate of drug-likeness (QED) is 0.155. The molecular weight excluding hydrogens is 555 g/mol. The number of nitrogens with zero attached hydrogens (tertiary/aromatic N) is 1. The van der Waals surface area contributed by atoms with Gasteiger partial charge in [-0.25, -0.2) is 9.59 Å². The van der Waals surface area contributed by atoms with Crippen LogP contribution in [0.15, 0.2) is 107 Å². The number of hydrogen-bond acceptors (Lipinski definition) is 6. The number of amides is 3. The summed E-state index contributed by atoms with van der Waals surface area (Å²) in [6, 6.07) is 21.8. The maximum Gasteiger partial charge on any atom is 0.338 e. The number of anilines is 3. The van der Waals surface area contributed by atoms with E-state index in [2.05, 4.69) is 22.8 Å². The molecule has 0 aromatic heterocycles. The van der Waals surface area contributed by atoms with E-state index in [1.807, 2.05) is 72.5 Å². The summed E-state index contributed by atoms with van der Waals surface area (Å²) in [5.74, 6) is -0.349. The Hall–Kier alpha value is -3.95. The van der Waals surface area contributed by atoms with Crippen molar-refractivity contribution in [2.75, 3.05) is 27.9 Å². The summed E-state index contributed by atoms with van der Waals surface area (Å²) in [6.45, 7) is 2.44. The van der Waals surface area contributed by atoms with Crippen LogP contribution in [0.3, 0.4) is 0 Å². The van der Waals surface area contributed by atoms with E-state index in [1.165, 1.54) is 11.8 Å². The lowest BCUT2D eigenvalue weighted by atomic mass is 10.1. The van der Waals surface area contributed by atoms with Crippen molar-refractivity contribution in [3.05, 3.63) is 103 Å². The van der Waals surface area contributed by atoms with Gasteiger partial charge in [0.2, 0.25) is 5.91 Å². The Morgan fingerprint density at radius 2 is 1.73 bits per heavy atom. The molecule has 9 heteroatoms. The average molecular weight is 586 g/mol. The number of fused-ring (bicyclic) bond motifs is 2. The van der Waals surface area contributed by atoms with E-state index >= 15 is 0 Å². The molecular formula is C32H31N3O4S2. The number of nitrogens with one attached hydrogen (secondary N) is 2. The number of urea groups is 1. The number of rotatable bonds is 9. The highest BCUT2D eigenvalue weighted by molar-refractivity contribution is 8.00. The average Bonchev–Trinajstić information content (AvgIpc) is 2.99. The van der Waals surface area contributed by atoms with E-state index in [0.717, 1.165) is 28.3 Å². The van der Waals surface area contributed by atoms with Gasteiger partial charge in [0, 0.05) is 21.2 Å². The molecule has 2 atom stereocenters. The molecule has 41 heavy (non-hydrogen) atoms. The predicted octanol–water partition coefficient (Wildman–Crippen LogP) is 7.38. The van der Waals surface area contributed by atoms with Gasteiger partial charge < -0.3 is 15.4 Å². The third-order valence-electron chi connectivity index (χ3n) is 6.55. The fraction of sp³-hybridized carbons (Fsp3) is 0.219. The molecule has 3 aromatic rings. The topological polar surface area (TPSA) is 87.7 Å². The van der Waals surface area contributed by atoms with Gasteiger partial charge in [0.25, 0.3) is 0 Å². The second-order valence-electron chi connectivity index (χ2n) is 9.54. The summed E-state index contributed by atoms with van der Waals surface area (Å²) in [5.41, 5.74) is 2.60. The normalized spacial score (nSPS) is 16.9. The number of unbranched alkanes of at least 4 members (excludes halogenated alkanes) is 1. The van der Waals surface area contributed by atoms with Gasteiger partial charge in [-0.15, -0.1) is 23.5 Å². The van der Waals surface area contributed by atoms with Crippen molar-refractivity contribution in [3.63, 3.8) is 0 Å². The van der Waals surface area contributed by atoms with Gasteiger partial charge in [0.05, 0.1) is 34.9 Å². The van der Waals surface area contributed by atoms with Crippen LogP contribution in [0.25, 0.3) is 0 Å². The minimum absolute atomic E-state index is 0.0816. The van der Waals surface area contributed by atoms with Gasteiger partial charge in [-0.3, -0.25) is 9.69 Å². The fourth-order valence-corrected chi connectivity index (χ4v) is 6.51. The van der Waals surface area contributed by atoms with Gasteiger partial charge in [0.1, 0.15) is 0 Å². The minimum Gasteiger partial charge on any atom is -0.462 e. The summed E-state index contributed by atoms with van der Waals surface area (Å²) in [4.78, 5) is 41.9. The highest BCUT2D eigenvalue weighted by atomic mass is 32.2. The number of hydrogen-bond donors (Lipinski definition) is 2. The number of carbonyl (C=O) groups is 3. The van der Waals surface area contributed by atoms with Crippen molar-refractivity contribution in [2.45, 2.75) is 40.8 Å². The van der Waals surface area contributed by atoms with Crippen LogP contribution in [0.4, 0.5) is 21.9 Å². The lowest BCUT2D eigenvalue weighted by Crippen LogP contribution is -2.49. The highest BCUT2D eigenvalue weighted by Gasteiger charge is 2.36. The van der Waals surface area contributed by atoms with E-state index < -0.39 is 0 Å². The van der Waals surface area contributed by atoms with Crippen LogP contribution in [0, 0.1) is 0 Å². The highest BCUT2D eigenvalue weighted by Crippen LogP contribution is 2.43. The van der Waals surface area contributed by atoms with Crippen LogP contribution in [-0.2, 0) is 9.53 Å². The number of allylic oxidation sites excluding steroid dienone is 2. The van der Waals surface area contributed by atoms with E-state index in [0.29, 0.717) is 23.5 Å². The van der Waals surface area contributed by atoms with Crippen LogP contribution in [-0.4, -0.2) is 41.6 Å². The SMILES string of the molecule is CCCCOC(=O)c1ccc(NC(=O)CSc2cccc(NC(=O)N3c4ccccc4SC4C=CC=CC43)c2)cc1. The second-order valence-corrected chi connectivity index (χ2v) is 11.8. The molecule has 0 spiro atoms. The van der Waals surface area contributed by atoms with E-state index in [9.17, 15) is 14.4 Å². The van der Waals surface area contributed by atoms with Crippen molar-refractivity contribution in [3.8, 4) is 0 Å². The molecule has 0 radical (unpaired) electrons. The van der Waals surface area contributed by atoms with Gasteiger partial charge in [-0.05, 0) is 61.0 Å². The van der Waals surface area contributed by atoms with Gasteiger partial charge in [-0.1, -0.05) is 55.8 Å². The first-order valence-electron chi connectivity index (χ1n) is 13.5. The van der Waals surface area contributed by atoms with Crippen molar-refractivity contribution >= 4 is 58.5 Å². The van der Waals surface area contributed by atoms with Crippen molar-refractivity contribution in [1.29, 1.82) is 0 Å². The monoisotopic (exact) mass is 585 g/mol. The fourth-order valence-electron chi connectivity index (χ4n) is 4.50. The Kier molecular flexibility index (Phi) is 9.48. The molecule has 5 rings (SSSR count). The molecule has 2 aliphatic rings. The largest absolute Gasteiger partial charge is 0.462 e. The Bertz CT molecular complexity index is 1470. The standard InChI is InChI=1S/C32H31N3O4S2/c1-2-3-19-39-31(37)22-15-17-23(18-16-22)33-30(36)21-40-25-10-8-9-24(20-25)34-32(38)35-26-11-4-6-13-28(26)41-29-14-7-5-12-27(29)35/h4-18,20,26,28H,2-3,19,21H2,1H3,(H,33,36)(H,34,38). The lowest BCUT2D eigenvalue weighted by molar-refractivity contribution is -0.113. The number of ether oxygens (including phenoxy) is 1. The van der Waals surface area contributed by atoms with Crippen LogP contribution < -0.4 is 15.5 Å². The zero-order valence-electron chi connectivity index (χ0n) is 22.6. The molecule has 0 bridgehead atoms. The summed E-state index contributed by atoms with van der Waals surface area (Å²) in [6.07, 6.45) is 9.98. The van der Waals surface area contributed by atoms with Gasteiger partial charge >= 0.3 is 12.0 Å². The molecule has 2 unspecified atom stereocenters. The summed E-state index contributed by atoms with van der Waals surface area (Å²) in [7, 11) is 0. The second kappa shape index (κ2) is 13.6. The zero-order chi connectivity index (χ0) is 28.6. The Morgan fingerprint density at radius 1 is 0.927 bits per heavy atom. The molecule has 1 aliphatic carbocycles. The van der Waals surface area contributed by atoms with Crippen molar-refractivity contribution < 1.29 is 19.1 Å². The molecule has 3 amide bonds. The minimum atomic E-state index is -0.367. The first-order valence-corrected chi connectivity index (χ1v) is 15.4. The number of para-hydroxylation sites is 1. The third-order valence-corrected chi connectivity index (χ3v) is 8.85. The maximum absolute atomic E-state index is 13.5. The zero-order valence-corrected chi connectivity index (χ0v) is 24.3. The summed E-state index contributed by atoms with van der Waals surface area (Å²) < 4.78 is 5.22. The molecule has 7 nitrogen and oxygen atoms in total. The molecule has 1 aliphatic heterocycles. The number of esters is 1. The first kappa shape index (κ1) is 28.6. The molecule has 0 saturated heterocycles. The van der Waals surface area contributed by atoms with E-state index in [-0.39, 0.29) is 35.0 Å². The first-order chi connectivity index (χ1) is 20.0. The Morgan fingerprint density at radius 3 is 2.56 bits per heavy atom. The molecule has 3 aromatic carbocycles. The van der Waals surface area contributed by atoms with Crippen LogP contribution >= 0.6 is 23.5 Å². The van der Waals surface area contributed by atoms with Gasteiger partial charge in [-0.2, -0.15) is 0 Å². The van der Waals surface area contributed by atoms with Crippen LogP contribution in [0.5, 0.6) is 0 Å². The summed E-state index contributed by atoms with van der Waals surface area (Å²) >= 11 is 3.14. The van der Waals surface area contributed by atoms with E-state index in [1.54, 1.807) is 36.0 Å². The Balaban J connectivity index is 1.17. The predicted molar refractivity (Wildman–Crippen MR) is 167 cm³/mol. The lowest BCUT2D eigenvalue weighted by Gasteiger charge is -2.40. The van der Waals surface area contributed by atoms with E-state index in [4.69, 9.17) is 4.74 Å². The van der Waals surface area contributed by atoms with Crippen LogP contribution in [0.2, 0.25) is 0 Å². The summed E-state index contributed by atoms with van der Waals surface area (Å²) in [5, 5.41) is 6.06. The number of thioether (sulfide) groups is 2. The number of carbonyl (C=O) groups excluding carboxylic acids is 3. The molecule has 0 saturated carbocycles. The van der Waals surface area contributed by atoms with Crippen molar-refractivity contribution in [1.82, 2.24) is 0 Å². The molecule has 2 N–H and O–H groups in total. The maximum atomic E-state index is 13.5. The third kappa shape index (κ3) is 7.23. The molecule has 1 heterocycles. The van der Waals surface area contributed by atoms with Gasteiger partial charge in [0.15, 0.2) is 0 Å². The Labute approximate surface area is 248 Å².